The van der Waals surface area contributed by atoms with E-state index in [9.17, 15) is 8.78 Å². The second-order valence-electron chi connectivity index (χ2n) is 2.76. The summed E-state index contributed by atoms with van der Waals surface area (Å²) >= 11 is 7.65. The van der Waals surface area contributed by atoms with E-state index in [0.717, 1.165) is 6.07 Å². The van der Waals surface area contributed by atoms with E-state index in [0.29, 0.717) is 10.9 Å². The molecule has 0 bridgehead atoms. The van der Waals surface area contributed by atoms with Gasteiger partial charge in [-0.05, 0) is 12.1 Å². The molecule has 0 aromatic heterocycles. The van der Waals surface area contributed by atoms with Crippen molar-refractivity contribution in [2.45, 2.75) is 6.42 Å². The van der Waals surface area contributed by atoms with Crippen LogP contribution in [0.2, 0.25) is 0 Å². The Morgan fingerprint density at radius 2 is 2.13 bits per heavy atom. The van der Waals surface area contributed by atoms with Crippen LogP contribution in [-0.2, 0) is 0 Å². The maximum atomic E-state index is 13.1. The second-order valence-corrected chi connectivity index (χ2v) is 4.20. The van der Waals surface area contributed by atoms with Crippen molar-refractivity contribution >= 4 is 33.1 Å². The Balaban J connectivity index is 2.72. The molecular formula is C9H8BrF2NOS. The molecule has 1 aromatic carbocycles. The van der Waals surface area contributed by atoms with Gasteiger partial charge in [0, 0.05) is 10.9 Å². The van der Waals surface area contributed by atoms with Gasteiger partial charge in [-0.15, -0.1) is 0 Å². The minimum absolute atomic E-state index is 0.127. The van der Waals surface area contributed by atoms with E-state index in [2.05, 4.69) is 28.1 Å². The molecule has 0 saturated heterocycles. The number of hydrogen-bond acceptors (Lipinski definition) is 2. The molecule has 82 valence electrons. The Kier molecular flexibility index (Phi) is 4.41. The van der Waals surface area contributed by atoms with Crippen LogP contribution in [0, 0.1) is 11.6 Å². The summed E-state index contributed by atoms with van der Waals surface area (Å²) in [5, 5.41) is 0. The zero-order valence-electron chi connectivity index (χ0n) is 7.60. The van der Waals surface area contributed by atoms with Gasteiger partial charge < -0.3 is 10.5 Å². The average Bonchev–Trinajstić information content (AvgIpc) is 2.12. The monoisotopic (exact) mass is 295 g/mol. The third-order valence-corrected chi connectivity index (χ3v) is 2.23. The van der Waals surface area contributed by atoms with Crippen molar-refractivity contribution in [1.29, 1.82) is 0 Å². The van der Waals surface area contributed by atoms with Gasteiger partial charge in [-0.2, -0.15) is 4.39 Å². The fraction of sp³-hybridized carbons (Fsp3) is 0.222. The number of thiocarbonyl (C=S) groups is 1. The molecule has 0 unspecified atom stereocenters. The van der Waals surface area contributed by atoms with Crippen LogP contribution in [0.4, 0.5) is 8.78 Å². The first-order chi connectivity index (χ1) is 7.00. The third kappa shape index (κ3) is 3.71. The highest BCUT2D eigenvalue weighted by molar-refractivity contribution is 9.10. The number of nitrogens with two attached hydrogens (primary N) is 1. The minimum atomic E-state index is -1.01. The zero-order chi connectivity index (χ0) is 11.4. The highest BCUT2D eigenvalue weighted by Gasteiger charge is 2.10. The summed E-state index contributed by atoms with van der Waals surface area (Å²) in [6, 6.07) is 2.37. The van der Waals surface area contributed by atoms with E-state index in [-0.39, 0.29) is 17.3 Å². The minimum Gasteiger partial charge on any atom is -0.490 e. The smallest absolute Gasteiger partial charge is 0.200 e. The molecule has 0 atom stereocenters. The SMILES string of the molecule is NC(=S)CCOc1cc(Br)cc(F)c1F. The molecule has 6 heteroatoms. The summed E-state index contributed by atoms with van der Waals surface area (Å²) in [7, 11) is 0. The lowest BCUT2D eigenvalue weighted by Gasteiger charge is -2.07. The molecule has 1 rings (SSSR count). The fourth-order valence-corrected chi connectivity index (χ4v) is 1.39. The molecule has 0 fully saturated rings. The van der Waals surface area contributed by atoms with Gasteiger partial charge in [-0.3, -0.25) is 0 Å². The predicted molar refractivity (Wildman–Crippen MR) is 61.0 cm³/mol. The topological polar surface area (TPSA) is 35.2 Å². The van der Waals surface area contributed by atoms with Gasteiger partial charge in [0.25, 0.3) is 0 Å². The molecule has 2 N–H and O–H groups in total. The Morgan fingerprint density at radius 1 is 1.47 bits per heavy atom. The van der Waals surface area contributed by atoms with Gasteiger partial charge in [0.1, 0.15) is 0 Å². The lowest BCUT2D eigenvalue weighted by molar-refractivity contribution is 0.305. The number of hydrogen-bond donors (Lipinski definition) is 1. The molecule has 0 aliphatic carbocycles. The Labute approximate surface area is 99.5 Å². The second kappa shape index (κ2) is 5.37. The maximum absolute atomic E-state index is 13.1. The predicted octanol–water partition coefficient (Wildman–Crippen LogP) is 2.78. The molecule has 0 aliphatic heterocycles. The van der Waals surface area contributed by atoms with E-state index >= 15 is 0 Å². The molecule has 0 saturated carbocycles. The van der Waals surface area contributed by atoms with Crippen LogP contribution >= 0.6 is 28.1 Å². The van der Waals surface area contributed by atoms with Crippen LogP contribution in [0.1, 0.15) is 6.42 Å². The van der Waals surface area contributed by atoms with Crippen molar-refractivity contribution < 1.29 is 13.5 Å². The fourth-order valence-electron chi connectivity index (χ4n) is 0.899. The summed E-state index contributed by atoms with van der Waals surface area (Å²) in [5.41, 5.74) is 5.23. The average molecular weight is 296 g/mol. The van der Waals surface area contributed by atoms with E-state index in [4.69, 9.17) is 10.5 Å². The van der Waals surface area contributed by atoms with Crippen LogP contribution in [-0.4, -0.2) is 11.6 Å². The number of rotatable bonds is 4. The summed E-state index contributed by atoms with van der Waals surface area (Å²) in [6.45, 7) is 0.127. The highest BCUT2D eigenvalue weighted by atomic mass is 79.9. The van der Waals surface area contributed by atoms with Gasteiger partial charge in [-0.1, -0.05) is 28.1 Å². The molecule has 0 spiro atoms. The van der Waals surface area contributed by atoms with Gasteiger partial charge >= 0.3 is 0 Å². The van der Waals surface area contributed by atoms with Crippen molar-refractivity contribution in [1.82, 2.24) is 0 Å². The highest BCUT2D eigenvalue weighted by Crippen LogP contribution is 2.25. The lowest BCUT2D eigenvalue weighted by Crippen LogP contribution is -2.13. The van der Waals surface area contributed by atoms with Gasteiger partial charge in [-0.25, -0.2) is 4.39 Å². The molecule has 0 aliphatic rings. The summed E-state index contributed by atoms with van der Waals surface area (Å²) in [5.74, 6) is -2.13. The van der Waals surface area contributed by atoms with Crippen molar-refractivity contribution in [2.24, 2.45) is 5.73 Å². The molecule has 0 heterocycles. The van der Waals surface area contributed by atoms with Crippen LogP contribution in [0.15, 0.2) is 16.6 Å². The van der Waals surface area contributed by atoms with Crippen molar-refractivity contribution in [3.63, 3.8) is 0 Å². The number of ether oxygens (including phenoxy) is 1. The molecule has 0 amide bonds. The first kappa shape index (κ1) is 12.3. The van der Waals surface area contributed by atoms with Crippen molar-refractivity contribution in [3.8, 4) is 5.75 Å². The molecule has 2 nitrogen and oxygen atoms in total. The molecular weight excluding hydrogens is 288 g/mol. The van der Waals surface area contributed by atoms with Crippen LogP contribution < -0.4 is 10.5 Å². The van der Waals surface area contributed by atoms with Crippen LogP contribution in [0.5, 0.6) is 5.75 Å². The molecule has 0 radical (unpaired) electrons. The standard InChI is InChI=1S/C9H8BrF2NOS/c10-5-3-6(11)9(12)7(4-5)14-2-1-8(13)15/h3-4H,1-2H2,(H2,13,15). The van der Waals surface area contributed by atoms with E-state index < -0.39 is 11.6 Å². The molecule has 1 aromatic rings. The Hall–Kier alpha value is -0.750. The van der Waals surface area contributed by atoms with Crippen LogP contribution in [0.3, 0.4) is 0 Å². The Bertz CT molecular complexity index is 387. The number of benzene rings is 1. The third-order valence-electron chi connectivity index (χ3n) is 1.57. The largest absolute Gasteiger partial charge is 0.490 e. The summed E-state index contributed by atoms with van der Waals surface area (Å²) in [4.78, 5) is 0.269. The van der Waals surface area contributed by atoms with Gasteiger partial charge in [0.15, 0.2) is 11.6 Å². The van der Waals surface area contributed by atoms with Crippen molar-refractivity contribution in [2.75, 3.05) is 6.61 Å². The Morgan fingerprint density at radius 3 is 2.73 bits per heavy atom. The van der Waals surface area contributed by atoms with Gasteiger partial charge in [0.2, 0.25) is 5.82 Å². The maximum Gasteiger partial charge on any atom is 0.200 e. The first-order valence-corrected chi connectivity index (χ1v) is 5.26. The quantitative estimate of drug-likeness (QED) is 0.685. The van der Waals surface area contributed by atoms with Crippen LogP contribution in [0.25, 0.3) is 0 Å². The summed E-state index contributed by atoms with van der Waals surface area (Å²) < 4.78 is 31.4. The number of halogens is 3. The summed E-state index contributed by atoms with van der Waals surface area (Å²) in [6.07, 6.45) is 0.322. The van der Waals surface area contributed by atoms with E-state index in [1.54, 1.807) is 0 Å². The lowest BCUT2D eigenvalue weighted by atomic mass is 10.3. The van der Waals surface area contributed by atoms with Gasteiger partial charge in [0.05, 0.1) is 11.6 Å². The zero-order valence-corrected chi connectivity index (χ0v) is 10.00. The molecule has 15 heavy (non-hydrogen) atoms. The van der Waals surface area contributed by atoms with E-state index in [1.165, 1.54) is 6.07 Å². The first-order valence-electron chi connectivity index (χ1n) is 4.06. The normalized spacial score (nSPS) is 10.1. The van der Waals surface area contributed by atoms with E-state index in [1.807, 2.05) is 0 Å². The van der Waals surface area contributed by atoms with Crippen molar-refractivity contribution in [3.05, 3.63) is 28.2 Å².